The summed E-state index contributed by atoms with van der Waals surface area (Å²) in [5.74, 6) is -0.298. The maximum atomic E-state index is 13.8. The Morgan fingerprint density at radius 2 is 1.92 bits per heavy atom. The zero-order chi connectivity index (χ0) is 17.1. The number of rotatable bonds is 5. The van der Waals surface area contributed by atoms with Crippen LogP contribution in [0.25, 0.3) is 0 Å². The topological polar surface area (TPSA) is 40.9 Å². The minimum absolute atomic E-state index is 0.0355. The van der Waals surface area contributed by atoms with Crippen LogP contribution < -0.4 is 4.90 Å². The largest absolute Gasteiger partial charge is 0.366 e. The molecule has 0 amide bonds. The summed E-state index contributed by atoms with van der Waals surface area (Å²) in [6.45, 7) is 0.423. The van der Waals surface area contributed by atoms with E-state index in [1.807, 2.05) is 0 Å². The van der Waals surface area contributed by atoms with Crippen molar-refractivity contribution in [1.82, 2.24) is 4.98 Å². The van der Waals surface area contributed by atoms with Gasteiger partial charge in [-0.15, -0.1) is 0 Å². The molecule has 2 aromatic rings. The molecule has 0 radical (unpaired) electrons. The average molecular weight is 332 g/mol. The van der Waals surface area contributed by atoms with Gasteiger partial charge in [0.15, 0.2) is 0 Å². The predicted molar refractivity (Wildman–Crippen MR) is 87.3 cm³/mol. The quantitative estimate of drug-likeness (QED) is 0.838. The molecule has 0 spiro atoms. The molecule has 0 bridgehead atoms. The Morgan fingerprint density at radius 3 is 2.54 bits per heavy atom. The third-order valence-corrected chi connectivity index (χ3v) is 3.72. The molecule has 2 heterocycles. The number of alkyl halides is 2. The number of aromatic nitrogens is 1. The van der Waals surface area contributed by atoms with Crippen LogP contribution in [0.2, 0.25) is 0 Å². The van der Waals surface area contributed by atoms with E-state index in [0.717, 1.165) is 5.69 Å². The maximum Gasteiger partial charge on any atom is 0.278 e. The monoisotopic (exact) mass is 332 g/mol. The van der Waals surface area contributed by atoms with Crippen LogP contribution in [-0.2, 0) is 6.54 Å². The molecule has 1 aromatic carbocycles. The second-order valence-electron chi connectivity index (χ2n) is 5.46. The summed E-state index contributed by atoms with van der Waals surface area (Å²) in [5, 5.41) is 7.27. The normalized spacial score (nSPS) is 13.9. The highest BCUT2D eigenvalue weighted by Crippen LogP contribution is 2.19. The van der Waals surface area contributed by atoms with E-state index >= 15 is 0 Å². The van der Waals surface area contributed by atoms with Gasteiger partial charge in [-0.2, -0.15) is 10.2 Å². The first-order chi connectivity index (χ1) is 11.5. The van der Waals surface area contributed by atoms with Gasteiger partial charge in [0.25, 0.3) is 6.43 Å². The Labute approximate surface area is 137 Å². The van der Waals surface area contributed by atoms with Crippen LogP contribution in [0, 0.1) is 5.82 Å². The molecule has 1 aliphatic heterocycles. The van der Waals surface area contributed by atoms with Crippen LogP contribution in [0.3, 0.4) is 0 Å². The molecule has 1 aromatic heterocycles. The zero-order valence-corrected chi connectivity index (χ0v) is 13.0. The van der Waals surface area contributed by atoms with Gasteiger partial charge < -0.3 is 4.90 Å². The lowest BCUT2D eigenvalue weighted by Gasteiger charge is -2.19. The van der Waals surface area contributed by atoms with Crippen molar-refractivity contribution >= 4 is 17.1 Å². The van der Waals surface area contributed by atoms with Gasteiger partial charge in [0.2, 0.25) is 0 Å². The maximum absolute atomic E-state index is 13.8. The molecule has 24 heavy (non-hydrogen) atoms. The Kier molecular flexibility index (Phi) is 4.59. The van der Waals surface area contributed by atoms with Crippen LogP contribution in [-0.4, -0.2) is 29.9 Å². The molecular weight excluding hydrogens is 317 g/mol. The van der Waals surface area contributed by atoms with E-state index in [1.165, 1.54) is 6.07 Å². The van der Waals surface area contributed by atoms with E-state index < -0.39 is 6.43 Å². The predicted octanol–water partition coefficient (Wildman–Crippen LogP) is 3.67. The number of hydrogen-bond donors (Lipinski definition) is 0. The molecule has 0 unspecified atom stereocenters. The Morgan fingerprint density at radius 1 is 1.12 bits per heavy atom. The van der Waals surface area contributed by atoms with Gasteiger partial charge in [-0.1, -0.05) is 12.1 Å². The SMILES string of the molecule is CN(Cc1ccc(C2=NN=C(C(F)F)C2)cn1)c1ccccc1F. The van der Waals surface area contributed by atoms with Crippen LogP contribution in [0.15, 0.2) is 52.8 Å². The van der Waals surface area contributed by atoms with Crippen LogP contribution >= 0.6 is 0 Å². The first-order valence-corrected chi connectivity index (χ1v) is 7.37. The number of hydrogen-bond acceptors (Lipinski definition) is 4. The summed E-state index contributed by atoms with van der Waals surface area (Å²) in [6.07, 6.45) is -0.978. The second kappa shape index (κ2) is 6.82. The van der Waals surface area contributed by atoms with Crippen molar-refractivity contribution in [2.45, 2.75) is 19.4 Å². The lowest BCUT2D eigenvalue weighted by Crippen LogP contribution is -2.18. The lowest BCUT2D eigenvalue weighted by molar-refractivity contribution is 0.224. The van der Waals surface area contributed by atoms with Crippen LogP contribution in [0.5, 0.6) is 0 Å². The van der Waals surface area contributed by atoms with E-state index in [4.69, 9.17) is 0 Å². The fraction of sp³-hybridized carbons (Fsp3) is 0.235. The summed E-state index contributed by atoms with van der Waals surface area (Å²) in [7, 11) is 1.78. The van der Waals surface area contributed by atoms with E-state index in [0.29, 0.717) is 23.5 Å². The summed E-state index contributed by atoms with van der Waals surface area (Å²) >= 11 is 0. The van der Waals surface area contributed by atoms with Crippen molar-refractivity contribution in [3.05, 3.63) is 59.7 Å². The number of pyridine rings is 1. The molecule has 0 fully saturated rings. The van der Waals surface area contributed by atoms with Gasteiger partial charge in [0, 0.05) is 25.2 Å². The number of para-hydroxylation sites is 1. The van der Waals surface area contributed by atoms with E-state index in [-0.39, 0.29) is 17.9 Å². The van der Waals surface area contributed by atoms with Crippen molar-refractivity contribution in [2.75, 3.05) is 11.9 Å². The molecule has 0 aliphatic carbocycles. The molecule has 4 nitrogen and oxygen atoms in total. The van der Waals surface area contributed by atoms with E-state index in [9.17, 15) is 13.2 Å². The summed E-state index contributed by atoms with van der Waals surface area (Å²) in [4.78, 5) is 6.06. The Hall–Kier alpha value is -2.70. The van der Waals surface area contributed by atoms with Gasteiger partial charge in [-0.25, -0.2) is 13.2 Å². The van der Waals surface area contributed by atoms with Gasteiger partial charge in [-0.3, -0.25) is 4.98 Å². The molecule has 0 saturated heterocycles. The molecule has 7 heteroatoms. The first-order valence-electron chi connectivity index (χ1n) is 7.37. The van der Waals surface area contributed by atoms with Crippen LogP contribution in [0.1, 0.15) is 17.7 Å². The number of halogens is 3. The summed E-state index contributed by atoms with van der Waals surface area (Å²) in [6, 6.07) is 10.0. The number of nitrogens with zero attached hydrogens (tertiary/aromatic N) is 4. The molecule has 3 rings (SSSR count). The molecular formula is C17H15F3N4. The van der Waals surface area contributed by atoms with Crippen molar-refractivity contribution in [1.29, 1.82) is 0 Å². The third-order valence-electron chi connectivity index (χ3n) is 3.72. The molecule has 0 N–H and O–H groups in total. The zero-order valence-electron chi connectivity index (χ0n) is 13.0. The highest BCUT2D eigenvalue weighted by molar-refractivity contribution is 6.15. The highest BCUT2D eigenvalue weighted by atomic mass is 19.3. The molecule has 124 valence electrons. The van der Waals surface area contributed by atoms with Crippen molar-refractivity contribution < 1.29 is 13.2 Å². The minimum atomic E-state index is -2.59. The van der Waals surface area contributed by atoms with Crippen molar-refractivity contribution in [3.63, 3.8) is 0 Å². The average Bonchev–Trinajstić information content (AvgIpc) is 3.06. The summed E-state index contributed by atoms with van der Waals surface area (Å²) < 4.78 is 38.9. The fourth-order valence-electron chi connectivity index (χ4n) is 2.43. The van der Waals surface area contributed by atoms with Gasteiger partial charge in [-0.05, 0) is 24.3 Å². The molecule has 0 atom stereocenters. The highest BCUT2D eigenvalue weighted by Gasteiger charge is 2.22. The second-order valence-corrected chi connectivity index (χ2v) is 5.46. The smallest absolute Gasteiger partial charge is 0.278 e. The fourth-order valence-corrected chi connectivity index (χ4v) is 2.43. The Bertz CT molecular complexity index is 785. The van der Waals surface area contributed by atoms with Gasteiger partial charge >= 0.3 is 0 Å². The number of anilines is 1. The Balaban J connectivity index is 1.67. The number of benzene rings is 1. The van der Waals surface area contributed by atoms with Gasteiger partial charge in [0.1, 0.15) is 11.5 Å². The molecule has 0 saturated carbocycles. The van der Waals surface area contributed by atoms with E-state index in [1.54, 1.807) is 48.5 Å². The standard InChI is InChI=1S/C17H15F3N4/c1-24(16-5-3-2-4-13(16)18)10-12-7-6-11(9-21-12)14-8-15(17(19)20)23-22-14/h2-7,9,17H,8,10H2,1H3. The van der Waals surface area contributed by atoms with Crippen molar-refractivity contribution in [3.8, 4) is 0 Å². The lowest BCUT2D eigenvalue weighted by atomic mass is 10.1. The van der Waals surface area contributed by atoms with Crippen molar-refractivity contribution in [2.24, 2.45) is 10.2 Å². The van der Waals surface area contributed by atoms with Gasteiger partial charge in [0.05, 0.1) is 23.6 Å². The molecule has 1 aliphatic rings. The summed E-state index contributed by atoms with van der Waals surface area (Å²) in [5.41, 5.74) is 2.13. The van der Waals surface area contributed by atoms with Crippen LogP contribution in [0.4, 0.5) is 18.9 Å². The minimum Gasteiger partial charge on any atom is -0.366 e. The third kappa shape index (κ3) is 3.45. The first kappa shape index (κ1) is 16.2. The van der Waals surface area contributed by atoms with E-state index in [2.05, 4.69) is 15.2 Å².